The molecule has 0 saturated carbocycles. The molecular formula is C11H10BrN3OS. The summed E-state index contributed by atoms with van der Waals surface area (Å²) in [5.41, 5.74) is 4.41. The Morgan fingerprint density at radius 1 is 1.53 bits per heavy atom. The van der Waals surface area contributed by atoms with Gasteiger partial charge in [-0.1, -0.05) is 15.9 Å². The van der Waals surface area contributed by atoms with E-state index in [1.165, 1.54) is 11.3 Å². The number of nitrogens with zero attached hydrogens (tertiary/aromatic N) is 2. The molecule has 0 spiro atoms. The van der Waals surface area contributed by atoms with Crippen molar-refractivity contribution in [3.8, 4) is 5.75 Å². The molecule has 1 aromatic carbocycles. The summed E-state index contributed by atoms with van der Waals surface area (Å²) in [4.78, 5) is 4.20. The van der Waals surface area contributed by atoms with Crippen molar-refractivity contribution in [3.05, 3.63) is 39.3 Å². The largest absolute Gasteiger partial charge is 0.507 e. The number of aromatic nitrogens is 1. The highest BCUT2D eigenvalue weighted by molar-refractivity contribution is 9.10. The summed E-state index contributed by atoms with van der Waals surface area (Å²) in [5.74, 6) is 0.189. The van der Waals surface area contributed by atoms with Crippen molar-refractivity contribution in [3.63, 3.8) is 0 Å². The quantitative estimate of drug-likeness (QED) is 0.675. The van der Waals surface area contributed by atoms with Crippen LogP contribution in [-0.2, 0) is 0 Å². The zero-order valence-electron chi connectivity index (χ0n) is 9.01. The highest BCUT2D eigenvalue weighted by Gasteiger charge is 1.99. The van der Waals surface area contributed by atoms with Crippen LogP contribution < -0.4 is 5.43 Å². The molecule has 0 aliphatic rings. The molecule has 0 unspecified atom stereocenters. The van der Waals surface area contributed by atoms with E-state index in [0.717, 1.165) is 15.3 Å². The number of phenolic OH excluding ortho intramolecular Hbond substituents is 1. The minimum atomic E-state index is 0.189. The average molecular weight is 312 g/mol. The fourth-order valence-corrected chi connectivity index (χ4v) is 2.21. The van der Waals surface area contributed by atoms with E-state index in [0.29, 0.717) is 5.56 Å². The minimum Gasteiger partial charge on any atom is -0.507 e. The van der Waals surface area contributed by atoms with Gasteiger partial charge in [0.15, 0.2) is 0 Å². The number of thiazole rings is 1. The molecule has 0 saturated heterocycles. The zero-order chi connectivity index (χ0) is 12.3. The fourth-order valence-electron chi connectivity index (χ4n) is 1.19. The summed E-state index contributed by atoms with van der Waals surface area (Å²) in [7, 11) is 0. The van der Waals surface area contributed by atoms with Crippen molar-refractivity contribution < 1.29 is 5.11 Å². The monoisotopic (exact) mass is 311 g/mol. The first-order chi connectivity index (χ1) is 8.15. The molecule has 0 aliphatic carbocycles. The Balaban J connectivity index is 2.07. The van der Waals surface area contributed by atoms with Gasteiger partial charge in [0.1, 0.15) is 5.75 Å². The number of hydrazone groups is 1. The lowest BCUT2D eigenvalue weighted by atomic mass is 10.2. The third-order valence-electron chi connectivity index (χ3n) is 1.97. The SMILES string of the molecule is Cc1csc(N/N=C/c2cc(Br)ccc2O)n1. The second-order valence-electron chi connectivity index (χ2n) is 3.37. The van der Waals surface area contributed by atoms with Gasteiger partial charge in [-0.25, -0.2) is 4.98 Å². The zero-order valence-corrected chi connectivity index (χ0v) is 11.4. The molecule has 17 heavy (non-hydrogen) atoms. The van der Waals surface area contributed by atoms with E-state index < -0.39 is 0 Å². The topological polar surface area (TPSA) is 57.5 Å². The molecular weight excluding hydrogens is 302 g/mol. The Morgan fingerprint density at radius 2 is 2.35 bits per heavy atom. The molecule has 0 bridgehead atoms. The number of rotatable bonds is 3. The first kappa shape index (κ1) is 12.1. The van der Waals surface area contributed by atoms with Gasteiger partial charge in [0.05, 0.1) is 11.9 Å². The number of phenols is 1. The van der Waals surface area contributed by atoms with Crippen LogP contribution in [0.1, 0.15) is 11.3 Å². The van der Waals surface area contributed by atoms with E-state index in [1.54, 1.807) is 24.4 Å². The number of hydrogen-bond acceptors (Lipinski definition) is 5. The van der Waals surface area contributed by atoms with E-state index in [-0.39, 0.29) is 5.75 Å². The van der Waals surface area contributed by atoms with Gasteiger partial charge in [0.2, 0.25) is 5.13 Å². The van der Waals surface area contributed by atoms with Gasteiger partial charge in [-0.05, 0) is 25.1 Å². The summed E-state index contributed by atoms with van der Waals surface area (Å²) in [6.45, 7) is 1.92. The number of aryl methyl sites for hydroxylation is 1. The Morgan fingerprint density at radius 3 is 3.06 bits per heavy atom. The van der Waals surface area contributed by atoms with E-state index in [4.69, 9.17) is 0 Å². The summed E-state index contributed by atoms with van der Waals surface area (Å²) < 4.78 is 0.891. The smallest absolute Gasteiger partial charge is 0.203 e. The standard InChI is InChI=1S/C11H10BrN3OS/c1-7-6-17-11(14-7)15-13-5-8-4-9(12)2-3-10(8)16/h2-6,16H,1H3,(H,14,15)/b13-5+. The molecule has 6 heteroatoms. The predicted octanol–water partition coefficient (Wildman–Crippen LogP) is 3.37. The van der Waals surface area contributed by atoms with Crippen molar-refractivity contribution in [2.75, 3.05) is 5.43 Å². The summed E-state index contributed by atoms with van der Waals surface area (Å²) in [5, 5.41) is 16.3. The van der Waals surface area contributed by atoms with Crippen LogP contribution in [0.4, 0.5) is 5.13 Å². The fraction of sp³-hybridized carbons (Fsp3) is 0.0909. The predicted molar refractivity (Wildman–Crippen MR) is 73.9 cm³/mol. The van der Waals surface area contributed by atoms with Crippen molar-refractivity contribution in [1.82, 2.24) is 4.98 Å². The van der Waals surface area contributed by atoms with Crippen LogP contribution in [0.3, 0.4) is 0 Å². The molecule has 0 radical (unpaired) electrons. The highest BCUT2D eigenvalue weighted by Crippen LogP contribution is 2.20. The molecule has 0 aliphatic heterocycles. The van der Waals surface area contributed by atoms with Crippen LogP contribution in [0.15, 0.2) is 33.2 Å². The van der Waals surface area contributed by atoms with Crippen LogP contribution >= 0.6 is 27.3 Å². The summed E-state index contributed by atoms with van der Waals surface area (Å²) in [6.07, 6.45) is 1.55. The maximum Gasteiger partial charge on any atom is 0.203 e. The lowest BCUT2D eigenvalue weighted by Crippen LogP contribution is -1.90. The Kier molecular flexibility index (Phi) is 3.75. The molecule has 0 atom stereocenters. The minimum absolute atomic E-state index is 0.189. The molecule has 2 aromatic rings. The molecule has 1 aromatic heterocycles. The van der Waals surface area contributed by atoms with Crippen molar-refractivity contribution >= 4 is 38.6 Å². The van der Waals surface area contributed by atoms with Crippen LogP contribution in [0, 0.1) is 6.92 Å². The van der Waals surface area contributed by atoms with Crippen molar-refractivity contribution in [2.45, 2.75) is 6.92 Å². The van der Waals surface area contributed by atoms with Gasteiger partial charge in [0, 0.05) is 15.4 Å². The number of nitrogens with one attached hydrogen (secondary N) is 1. The number of hydrogen-bond donors (Lipinski definition) is 2. The van der Waals surface area contributed by atoms with Crippen LogP contribution in [0.25, 0.3) is 0 Å². The van der Waals surface area contributed by atoms with Gasteiger partial charge in [0.25, 0.3) is 0 Å². The Labute approximate surface area is 111 Å². The first-order valence-electron chi connectivity index (χ1n) is 4.85. The highest BCUT2D eigenvalue weighted by atomic mass is 79.9. The number of benzene rings is 1. The second kappa shape index (κ2) is 5.29. The average Bonchev–Trinajstić information content (AvgIpc) is 2.69. The van der Waals surface area contributed by atoms with Crippen LogP contribution in [-0.4, -0.2) is 16.3 Å². The summed E-state index contributed by atoms with van der Waals surface area (Å²) in [6, 6.07) is 5.16. The lowest BCUT2D eigenvalue weighted by Gasteiger charge is -1.99. The lowest BCUT2D eigenvalue weighted by molar-refractivity contribution is 0.474. The molecule has 2 rings (SSSR count). The van der Waals surface area contributed by atoms with Gasteiger partial charge in [-0.3, -0.25) is 5.43 Å². The molecule has 88 valence electrons. The summed E-state index contributed by atoms with van der Waals surface area (Å²) >= 11 is 4.82. The van der Waals surface area contributed by atoms with E-state index in [9.17, 15) is 5.11 Å². The van der Waals surface area contributed by atoms with Crippen molar-refractivity contribution in [1.29, 1.82) is 0 Å². The van der Waals surface area contributed by atoms with Gasteiger partial charge in [-0.2, -0.15) is 5.10 Å². The van der Waals surface area contributed by atoms with Crippen molar-refractivity contribution in [2.24, 2.45) is 5.10 Å². The second-order valence-corrected chi connectivity index (χ2v) is 5.14. The third kappa shape index (κ3) is 3.28. The number of aromatic hydroxyl groups is 1. The number of anilines is 1. The Bertz CT molecular complexity index is 553. The Hall–Kier alpha value is -1.40. The first-order valence-corrected chi connectivity index (χ1v) is 6.52. The number of halogens is 1. The van der Waals surface area contributed by atoms with Gasteiger partial charge < -0.3 is 5.11 Å². The molecule has 0 amide bonds. The normalized spacial score (nSPS) is 10.9. The van der Waals surface area contributed by atoms with Crippen LogP contribution in [0.5, 0.6) is 5.75 Å². The van der Waals surface area contributed by atoms with Gasteiger partial charge >= 0.3 is 0 Å². The maximum atomic E-state index is 9.58. The van der Waals surface area contributed by atoms with Crippen LogP contribution in [0.2, 0.25) is 0 Å². The third-order valence-corrected chi connectivity index (χ3v) is 3.33. The molecule has 2 N–H and O–H groups in total. The molecule has 0 fully saturated rings. The molecule has 1 heterocycles. The van der Waals surface area contributed by atoms with E-state index >= 15 is 0 Å². The van der Waals surface area contributed by atoms with Gasteiger partial charge in [-0.15, -0.1) is 11.3 Å². The maximum absolute atomic E-state index is 9.58. The molecule has 4 nitrogen and oxygen atoms in total. The van der Waals surface area contributed by atoms with E-state index in [2.05, 4.69) is 31.4 Å². The van der Waals surface area contributed by atoms with E-state index in [1.807, 2.05) is 12.3 Å².